The van der Waals surface area contributed by atoms with Gasteiger partial charge in [0, 0.05) is 12.5 Å². The standard InChI is InChI=1S/C15H16BrClN2O3/c1-4-12-18-13(15(20)22-5-2)14(17)19(12)9-6-7-10(16)11(8-9)21-3/h6-8H,4-5H2,1-3H3. The van der Waals surface area contributed by atoms with Crippen molar-refractivity contribution in [2.45, 2.75) is 20.3 Å². The third-order valence-corrected chi connectivity index (χ3v) is 4.07. The maximum absolute atomic E-state index is 11.9. The van der Waals surface area contributed by atoms with E-state index in [4.69, 9.17) is 21.1 Å². The van der Waals surface area contributed by atoms with Gasteiger partial charge < -0.3 is 9.47 Å². The van der Waals surface area contributed by atoms with Crippen molar-refractivity contribution in [3.05, 3.63) is 39.3 Å². The largest absolute Gasteiger partial charge is 0.495 e. The Morgan fingerprint density at radius 3 is 2.73 bits per heavy atom. The van der Waals surface area contributed by atoms with Crippen molar-refractivity contribution in [3.63, 3.8) is 0 Å². The van der Waals surface area contributed by atoms with Gasteiger partial charge in [-0.25, -0.2) is 9.78 Å². The van der Waals surface area contributed by atoms with Crippen LogP contribution in [-0.2, 0) is 11.2 Å². The van der Waals surface area contributed by atoms with Gasteiger partial charge >= 0.3 is 5.97 Å². The molecule has 0 radical (unpaired) electrons. The maximum Gasteiger partial charge on any atom is 0.360 e. The summed E-state index contributed by atoms with van der Waals surface area (Å²) in [5, 5.41) is 0.236. The van der Waals surface area contributed by atoms with Crippen molar-refractivity contribution in [2.75, 3.05) is 13.7 Å². The molecule has 118 valence electrons. The molecule has 5 nitrogen and oxygen atoms in total. The van der Waals surface area contributed by atoms with Gasteiger partial charge in [0.1, 0.15) is 16.7 Å². The molecule has 0 amide bonds. The third kappa shape index (κ3) is 3.13. The van der Waals surface area contributed by atoms with E-state index in [9.17, 15) is 4.79 Å². The summed E-state index contributed by atoms with van der Waals surface area (Å²) in [6.07, 6.45) is 0.623. The summed E-state index contributed by atoms with van der Waals surface area (Å²) in [6.45, 7) is 3.96. The van der Waals surface area contributed by atoms with Crippen LogP contribution in [0.5, 0.6) is 5.75 Å². The highest BCUT2D eigenvalue weighted by molar-refractivity contribution is 9.10. The van der Waals surface area contributed by atoms with Gasteiger partial charge in [0.25, 0.3) is 0 Å². The number of carbonyl (C=O) groups excluding carboxylic acids is 1. The number of esters is 1. The summed E-state index contributed by atoms with van der Waals surface area (Å²) in [4.78, 5) is 16.2. The molecule has 0 spiro atoms. The number of hydrogen-bond acceptors (Lipinski definition) is 4. The fourth-order valence-electron chi connectivity index (χ4n) is 2.06. The number of rotatable bonds is 5. The normalized spacial score (nSPS) is 10.6. The molecule has 7 heteroatoms. The van der Waals surface area contributed by atoms with Crippen LogP contribution in [0.25, 0.3) is 5.69 Å². The lowest BCUT2D eigenvalue weighted by Crippen LogP contribution is -2.06. The number of hydrogen-bond donors (Lipinski definition) is 0. The summed E-state index contributed by atoms with van der Waals surface area (Å²) < 4.78 is 12.8. The fraction of sp³-hybridized carbons (Fsp3) is 0.333. The van der Waals surface area contributed by atoms with Gasteiger partial charge in [-0.05, 0) is 35.0 Å². The van der Waals surface area contributed by atoms with Crippen LogP contribution in [-0.4, -0.2) is 29.2 Å². The Morgan fingerprint density at radius 2 is 2.14 bits per heavy atom. The van der Waals surface area contributed by atoms with Crippen molar-refractivity contribution >= 4 is 33.5 Å². The second kappa shape index (κ2) is 7.15. The number of methoxy groups -OCH3 is 1. The molecule has 0 bridgehead atoms. The quantitative estimate of drug-likeness (QED) is 0.727. The molecule has 2 rings (SSSR count). The van der Waals surface area contributed by atoms with E-state index in [0.717, 1.165) is 10.2 Å². The highest BCUT2D eigenvalue weighted by Gasteiger charge is 2.22. The summed E-state index contributed by atoms with van der Waals surface area (Å²) >= 11 is 9.77. The van der Waals surface area contributed by atoms with E-state index in [0.29, 0.717) is 18.0 Å². The van der Waals surface area contributed by atoms with Gasteiger partial charge in [-0.2, -0.15) is 0 Å². The third-order valence-electron chi connectivity index (χ3n) is 3.07. The molecule has 0 atom stereocenters. The molecule has 1 aromatic heterocycles. The van der Waals surface area contributed by atoms with E-state index >= 15 is 0 Å². The van der Waals surface area contributed by atoms with Gasteiger partial charge in [0.05, 0.1) is 23.9 Å². The lowest BCUT2D eigenvalue weighted by Gasteiger charge is -2.11. The van der Waals surface area contributed by atoms with Crippen LogP contribution in [0, 0.1) is 0 Å². The molecule has 0 aliphatic heterocycles. The second-order valence-electron chi connectivity index (χ2n) is 4.40. The first-order valence-corrected chi connectivity index (χ1v) is 7.98. The minimum Gasteiger partial charge on any atom is -0.495 e. The fourth-order valence-corrected chi connectivity index (χ4v) is 2.78. The lowest BCUT2D eigenvalue weighted by atomic mass is 10.3. The average molecular weight is 388 g/mol. The van der Waals surface area contributed by atoms with Crippen LogP contribution >= 0.6 is 27.5 Å². The smallest absolute Gasteiger partial charge is 0.360 e. The molecule has 1 heterocycles. The van der Waals surface area contributed by atoms with Crippen LogP contribution in [0.4, 0.5) is 0 Å². The minimum absolute atomic E-state index is 0.127. The van der Waals surface area contributed by atoms with E-state index in [1.807, 2.05) is 25.1 Å². The Hall–Kier alpha value is -1.53. The first-order chi connectivity index (χ1) is 10.5. The van der Waals surface area contributed by atoms with Crippen LogP contribution in [0.3, 0.4) is 0 Å². The average Bonchev–Trinajstić information content (AvgIpc) is 2.85. The summed E-state index contributed by atoms with van der Waals surface area (Å²) in [7, 11) is 1.59. The van der Waals surface area contributed by atoms with Crippen LogP contribution in [0.15, 0.2) is 22.7 Å². The Morgan fingerprint density at radius 1 is 1.41 bits per heavy atom. The molecular formula is C15H16BrClN2O3. The Labute approximate surface area is 142 Å². The van der Waals surface area contributed by atoms with Crippen molar-refractivity contribution in [2.24, 2.45) is 0 Å². The number of ether oxygens (including phenoxy) is 2. The van der Waals surface area contributed by atoms with E-state index < -0.39 is 5.97 Å². The van der Waals surface area contributed by atoms with Gasteiger partial charge in [0.2, 0.25) is 0 Å². The number of halogens is 2. The first kappa shape index (κ1) is 16.8. The van der Waals surface area contributed by atoms with Crippen molar-refractivity contribution in [3.8, 4) is 11.4 Å². The molecule has 0 aliphatic carbocycles. The Balaban J connectivity index is 2.57. The number of benzene rings is 1. The van der Waals surface area contributed by atoms with E-state index in [2.05, 4.69) is 20.9 Å². The molecule has 0 N–H and O–H groups in total. The minimum atomic E-state index is -0.523. The predicted octanol–water partition coefficient (Wildman–Crippen LogP) is 4.04. The summed E-state index contributed by atoms with van der Waals surface area (Å²) in [5.74, 6) is 0.824. The topological polar surface area (TPSA) is 53.3 Å². The number of aryl methyl sites for hydroxylation is 1. The van der Waals surface area contributed by atoms with Crippen LogP contribution in [0.1, 0.15) is 30.2 Å². The zero-order valence-corrected chi connectivity index (χ0v) is 14.9. The molecule has 0 unspecified atom stereocenters. The SMILES string of the molecule is CCOC(=O)c1nc(CC)n(-c2ccc(Br)c(OC)c2)c1Cl. The highest BCUT2D eigenvalue weighted by atomic mass is 79.9. The van der Waals surface area contributed by atoms with Gasteiger partial charge in [-0.15, -0.1) is 0 Å². The van der Waals surface area contributed by atoms with E-state index in [1.165, 1.54) is 0 Å². The Bertz CT molecular complexity index is 700. The summed E-state index contributed by atoms with van der Waals surface area (Å²) in [6, 6.07) is 5.55. The molecule has 0 fully saturated rings. The maximum atomic E-state index is 11.9. The molecular weight excluding hydrogens is 372 g/mol. The highest BCUT2D eigenvalue weighted by Crippen LogP contribution is 2.31. The summed E-state index contributed by atoms with van der Waals surface area (Å²) in [5.41, 5.74) is 0.896. The molecule has 1 aromatic carbocycles. The van der Waals surface area contributed by atoms with E-state index in [-0.39, 0.29) is 17.5 Å². The van der Waals surface area contributed by atoms with Crippen LogP contribution < -0.4 is 4.74 Å². The molecule has 0 aliphatic rings. The number of aromatic nitrogens is 2. The lowest BCUT2D eigenvalue weighted by molar-refractivity contribution is 0.0520. The predicted molar refractivity (Wildman–Crippen MR) is 88.2 cm³/mol. The number of carbonyl (C=O) groups is 1. The van der Waals surface area contributed by atoms with Gasteiger partial charge in [-0.1, -0.05) is 18.5 Å². The van der Waals surface area contributed by atoms with Crippen molar-refractivity contribution < 1.29 is 14.3 Å². The molecule has 2 aromatic rings. The molecule has 0 saturated heterocycles. The number of imidazole rings is 1. The number of nitrogens with zero attached hydrogens (tertiary/aromatic N) is 2. The van der Waals surface area contributed by atoms with E-state index in [1.54, 1.807) is 18.6 Å². The zero-order valence-electron chi connectivity index (χ0n) is 12.5. The molecule has 0 saturated carbocycles. The van der Waals surface area contributed by atoms with Gasteiger partial charge in [0.15, 0.2) is 5.69 Å². The van der Waals surface area contributed by atoms with Crippen molar-refractivity contribution in [1.29, 1.82) is 0 Å². The van der Waals surface area contributed by atoms with Crippen molar-refractivity contribution in [1.82, 2.24) is 9.55 Å². The van der Waals surface area contributed by atoms with Gasteiger partial charge in [-0.3, -0.25) is 4.57 Å². The van der Waals surface area contributed by atoms with Crippen LogP contribution in [0.2, 0.25) is 5.15 Å². The first-order valence-electron chi connectivity index (χ1n) is 6.81. The zero-order chi connectivity index (χ0) is 16.3. The second-order valence-corrected chi connectivity index (χ2v) is 5.61. The Kier molecular flexibility index (Phi) is 5.47. The monoisotopic (exact) mass is 386 g/mol. The molecule has 22 heavy (non-hydrogen) atoms.